The molecule has 3 aromatic carbocycles. The molecule has 0 saturated carbocycles. The Labute approximate surface area is 223 Å². The van der Waals surface area contributed by atoms with Gasteiger partial charge in [-0.2, -0.15) is 4.37 Å². The van der Waals surface area contributed by atoms with E-state index in [9.17, 15) is 19.5 Å². The summed E-state index contributed by atoms with van der Waals surface area (Å²) in [6, 6.07) is 19.7. The lowest BCUT2D eigenvalue weighted by atomic mass is 10.0. The molecule has 0 bridgehead atoms. The Morgan fingerprint density at radius 1 is 1.00 bits per heavy atom. The molecule has 0 aliphatic heterocycles. The normalized spacial score (nSPS) is 11.5. The Hall–Kier alpha value is -4.70. The lowest BCUT2D eigenvalue weighted by Crippen LogP contribution is -2.44. The molecule has 9 nitrogen and oxygen atoms in total. The molecule has 3 amide bonds. The number of nitrogen functional groups attached to an aromatic ring is 1. The Kier molecular flexibility index (Phi) is 7.73. The Morgan fingerprint density at radius 3 is 2.29 bits per heavy atom. The van der Waals surface area contributed by atoms with E-state index in [0.29, 0.717) is 11.3 Å². The average molecular weight is 530 g/mol. The Balaban J connectivity index is 1.85. The van der Waals surface area contributed by atoms with Crippen LogP contribution in [-0.4, -0.2) is 27.2 Å². The van der Waals surface area contributed by atoms with Crippen molar-refractivity contribution in [1.29, 1.82) is 0 Å². The zero-order valence-corrected chi connectivity index (χ0v) is 21.7. The lowest BCUT2D eigenvalue weighted by molar-refractivity contribution is -0.122. The fourth-order valence-electron chi connectivity index (χ4n) is 3.95. The predicted molar refractivity (Wildman–Crippen MR) is 147 cm³/mol. The molecule has 1 atom stereocenters. The largest absolute Gasteiger partial charge is 0.508 e. The maximum Gasteiger partial charge on any atom is 0.273 e. The lowest BCUT2D eigenvalue weighted by Gasteiger charge is -2.31. The summed E-state index contributed by atoms with van der Waals surface area (Å²) in [4.78, 5) is 41.0. The van der Waals surface area contributed by atoms with E-state index in [1.807, 2.05) is 50.2 Å². The van der Waals surface area contributed by atoms with Gasteiger partial charge in [-0.3, -0.25) is 19.3 Å². The van der Waals surface area contributed by atoms with Crippen molar-refractivity contribution in [3.8, 4) is 5.75 Å². The van der Waals surface area contributed by atoms with E-state index in [-0.39, 0.29) is 28.6 Å². The van der Waals surface area contributed by atoms with Crippen LogP contribution in [0.15, 0.2) is 72.8 Å². The van der Waals surface area contributed by atoms with Crippen LogP contribution >= 0.6 is 11.5 Å². The number of nitrogens with two attached hydrogens (primary N) is 2. The molecule has 1 aromatic heterocycles. The molecular weight excluding hydrogens is 502 g/mol. The molecule has 0 saturated heterocycles. The smallest absolute Gasteiger partial charge is 0.273 e. The van der Waals surface area contributed by atoms with Crippen molar-refractivity contribution in [2.24, 2.45) is 5.73 Å². The standard InChI is InChI=1S/C28H27N5O4S/c1-16-8-11-20(14-17(16)2)33(28(37)25-22(29)23(26(30)35)32-38-25)24(19-9-12-21(34)13-10-19)27(36)31-15-18-6-4-3-5-7-18/h3-14,24,34H,15,29H2,1-2H3,(H2,30,35)(H,31,36). The molecule has 4 rings (SSSR count). The molecule has 0 aliphatic rings. The molecule has 194 valence electrons. The number of anilines is 2. The SMILES string of the molecule is Cc1ccc(N(C(=O)c2snc(C(N)=O)c2N)C(C(=O)NCc2ccccc2)c2ccc(O)cc2)cc1C. The molecule has 10 heteroatoms. The summed E-state index contributed by atoms with van der Waals surface area (Å²) in [5, 5.41) is 12.8. The van der Waals surface area contributed by atoms with Crippen molar-refractivity contribution in [2.45, 2.75) is 26.4 Å². The van der Waals surface area contributed by atoms with Crippen molar-refractivity contribution in [3.05, 3.63) is 106 Å². The van der Waals surface area contributed by atoms with Gasteiger partial charge >= 0.3 is 0 Å². The second-order valence-corrected chi connectivity index (χ2v) is 9.55. The number of hydrogen-bond acceptors (Lipinski definition) is 7. The van der Waals surface area contributed by atoms with Crippen LogP contribution < -0.4 is 21.7 Å². The highest BCUT2D eigenvalue weighted by molar-refractivity contribution is 7.09. The average Bonchev–Trinajstić information content (AvgIpc) is 3.30. The number of hydrogen-bond donors (Lipinski definition) is 4. The van der Waals surface area contributed by atoms with E-state index in [4.69, 9.17) is 11.5 Å². The maximum absolute atomic E-state index is 14.1. The summed E-state index contributed by atoms with van der Waals surface area (Å²) in [6.07, 6.45) is 0. The summed E-state index contributed by atoms with van der Waals surface area (Å²) in [5.41, 5.74) is 14.8. The van der Waals surface area contributed by atoms with Gasteiger partial charge in [0.05, 0.1) is 5.69 Å². The van der Waals surface area contributed by atoms with E-state index in [2.05, 4.69) is 9.69 Å². The van der Waals surface area contributed by atoms with E-state index in [0.717, 1.165) is 28.2 Å². The van der Waals surface area contributed by atoms with Gasteiger partial charge in [0, 0.05) is 12.2 Å². The zero-order chi connectivity index (χ0) is 27.4. The Bertz CT molecular complexity index is 1490. The predicted octanol–water partition coefficient (Wildman–Crippen LogP) is 3.85. The van der Waals surface area contributed by atoms with Crippen molar-refractivity contribution in [3.63, 3.8) is 0 Å². The van der Waals surface area contributed by atoms with Crippen LogP contribution in [0.4, 0.5) is 11.4 Å². The highest BCUT2D eigenvalue weighted by Crippen LogP contribution is 2.34. The van der Waals surface area contributed by atoms with Gasteiger partial charge in [0.25, 0.3) is 11.8 Å². The van der Waals surface area contributed by atoms with Gasteiger partial charge in [-0.15, -0.1) is 0 Å². The second-order valence-electron chi connectivity index (χ2n) is 8.78. The van der Waals surface area contributed by atoms with Crippen LogP contribution in [-0.2, 0) is 11.3 Å². The van der Waals surface area contributed by atoms with Crippen LogP contribution in [0.25, 0.3) is 0 Å². The molecule has 1 unspecified atom stereocenters. The molecule has 0 spiro atoms. The fourth-order valence-corrected chi connectivity index (χ4v) is 4.70. The summed E-state index contributed by atoms with van der Waals surface area (Å²) in [5.74, 6) is -1.92. The summed E-state index contributed by atoms with van der Waals surface area (Å²) in [6.45, 7) is 4.08. The van der Waals surface area contributed by atoms with Crippen molar-refractivity contribution >= 4 is 40.6 Å². The minimum atomic E-state index is -1.15. The number of phenols is 1. The molecular formula is C28H27N5O4S. The van der Waals surface area contributed by atoms with Crippen molar-refractivity contribution in [2.75, 3.05) is 10.6 Å². The summed E-state index contributed by atoms with van der Waals surface area (Å²) >= 11 is 0.741. The van der Waals surface area contributed by atoms with Crippen LogP contribution in [0.1, 0.15) is 48.5 Å². The number of primary amides is 1. The number of carbonyl (C=O) groups is 3. The third kappa shape index (κ3) is 5.50. The number of phenolic OH excluding ortho intramolecular Hbond substituents is 1. The first-order valence-corrected chi connectivity index (χ1v) is 12.5. The monoisotopic (exact) mass is 529 g/mol. The molecule has 0 aliphatic carbocycles. The molecule has 38 heavy (non-hydrogen) atoms. The molecule has 0 radical (unpaired) electrons. The van der Waals surface area contributed by atoms with Gasteiger partial charge in [0.1, 0.15) is 16.7 Å². The van der Waals surface area contributed by atoms with E-state index in [1.165, 1.54) is 17.0 Å². The first-order chi connectivity index (χ1) is 18.2. The molecule has 6 N–H and O–H groups in total. The molecule has 0 fully saturated rings. The summed E-state index contributed by atoms with van der Waals surface area (Å²) in [7, 11) is 0. The van der Waals surface area contributed by atoms with Gasteiger partial charge in [-0.05, 0) is 71.9 Å². The third-order valence-corrected chi connectivity index (χ3v) is 7.02. The first-order valence-electron chi connectivity index (χ1n) is 11.7. The topological polar surface area (TPSA) is 152 Å². The highest BCUT2D eigenvalue weighted by Gasteiger charge is 2.36. The van der Waals surface area contributed by atoms with Gasteiger partial charge < -0.3 is 21.9 Å². The van der Waals surface area contributed by atoms with Crippen molar-refractivity contribution < 1.29 is 19.5 Å². The second kappa shape index (κ2) is 11.1. The van der Waals surface area contributed by atoms with Crippen LogP contribution in [0, 0.1) is 13.8 Å². The van der Waals surface area contributed by atoms with E-state index < -0.39 is 23.8 Å². The summed E-state index contributed by atoms with van der Waals surface area (Å²) < 4.78 is 3.97. The van der Waals surface area contributed by atoms with Crippen LogP contribution in [0.2, 0.25) is 0 Å². The number of nitrogens with zero attached hydrogens (tertiary/aromatic N) is 2. The maximum atomic E-state index is 14.1. The number of aromatic nitrogens is 1. The number of aryl methyl sites for hydroxylation is 2. The zero-order valence-electron chi connectivity index (χ0n) is 20.8. The van der Waals surface area contributed by atoms with Crippen LogP contribution in [0.5, 0.6) is 5.75 Å². The third-order valence-electron chi connectivity index (χ3n) is 6.17. The van der Waals surface area contributed by atoms with Gasteiger partial charge in [-0.25, -0.2) is 0 Å². The number of aromatic hydroxyl groups is 1. The number of rotatable bonds is 8. The van der Waals surface area contributed by atoms with E-state index in [1.54, 1.807) is 24.3 Å². The van der Waals surface area contributed by atoms with Crippen LogP contribution in [0.3, 0.4) is 0 Å². The fraction of sp³-hybridized carbons (Fsp3) is 0.143. The van der Waals surface area contributed by atoms with Gasteiger partial charge in [0.15, 0.2) is 5.69 Å². The van der Waals surface area contributed by atoms with Crippen molar-refractivity contribution in [1.82, 2.24) is 9.69 Å². The molecule has 4 aromatic rings. The quantitative estimate of drug-likeness (QED) is 0.272. The molecule has 1 heterocycles. The minimum Gasteiger partial charge on any atom is -0.508 e. The van der Waals surface area contributed by atoms with Gasteiger partial charge in [0.2, 0.25) is 5.91 Å². The van der Waals surface area contributed by atoms with Gasteiger partial charge in [-0.1, -0.05) is 48.5 Å². The minimum absolute atomic E-state index is 0.0130. The Morgan fingerprint density at radius 2 is 1.68 bits per heavy atom. The number of nitrogens with one attached hydrogen (secondary N) is 1. The number of amides is 3. The number of benzene rings is 3. The highest BCUT2D eigenvalue weighted by atomic mass is 32.1. The number of carbonyl (C=O) groups excluding carboxylic acids is 3. The first kappa shape index (κ1) is 26.4. The van der Waals surface area contributed by atoms with E-state index >= 15 is 0 Å².